The molecule has 2 amide bonds. The average Bonchev–Trinajstić information content (AvgIpc) is 3.16. The molecule has 1 heterocycles. The summed E-state index contributed by atoms with van der Waals surface area (Å²) < 4.78 is 15.2. The van der Waals surface area contributed by atoms with Gasteiger partial charge in [-0.3, -0.25) is 4.79 Å². The molecule has 1 aromatic heterocycles. The lowest BCUT2D eigenvalue weighted by atomic mass is 9.82. The Balaban J connectivity index is 1.59. The second-order valence-corrected chi connectivity index (χ2v) is 7.88. The van der Waals surface area contributed by atoms with Gasteiger partial charge in [0.25, 0.3) is 0 Å². The fourth-order valence-electron chi connectivity index (χ4n) is 3.65. The van der Waals surface area contributed by atoms with Gasteiger partial charge in [0.2, 0.25) is 5.91 Å². The van der Waals surface area contributed by atoms with Crippen LogP contribution in [0.3, 0.4) is 0 Å². The van der Waals surface area contributed by atoms with E-state index in [1.54, 1.807) is 37.3 Å². The molecule has 3 N–H and O–H groups in total. The van der Waals surface area contributed by atoms with Crippen LogP contribution >= 0.6 is 0 Å². The van der Waals surface area contributed by atoms with Gasteiger partial charge in [-0.15, -0.1) is 0 Å². The molecule has 1 saturated carbocycles. The number of phenols is 1. The van der Waals surface area contributed by atoms with E-state index in [1.165, 1.54) is 16.8 Å². The second-order valence-electron chi connectivity index (χ2n) is 7.88. The van der Waals surface area contributed by atoms with Crippen LogP contribution in [0.4, 0.5) is 14.9 Å². The monoisotopic (exact) mass is 436 g/mol. The predicted octanol–water partition coefficient (Wildman–Crippen LogP) is 4.77. The summed E-state index contributed by atoms with van der Waals surface area (Å²) in [6.07, 6.45) is 3.33. The Labute approximate surface area is 185 Å². The zero-order valence-electron chi connectivity index (χ0n) is 17.8. The topological polar surface area (TPSA) is 96.3 Å². The molecule has 0 radical (unpaired) electrons. The Kier molecular flexibility index (Phi) is 6.20. The number of aromatic hydroxyl groups is 1. The number of halogens is 1. The van der Waals surface area contributed by atoms with Gasteiger partial charge in [-0.2, -0.15) is 9.78 Å². The number of benzene rings is 2. The average molecular weight is 436 g/mol. The number of nitrogens with one attached hydrogen (secondary N) is 2. The number of carbonyl (C=O) groups excluding carboxylic acids is 2. The molecule has 4 rings (SSSR count). The normalized spacial score (nSPS) is 13.4. The maximum Gasteiger partial charge on any atom is 0.342 e. The van der Waals surface area contributed by atoms with E-state index >= 15 is 0 Å². The molecule has 32 heavy (non-hydrogen) atoms. The Morgan fingerprint density at radius 2 is 1.97 bits per heavy atom. The van der Waals surface area contributed by atoms with Gasteiger partial charge < -0.3 is 15.7 Å². The molecule has 166 valence electrons. The summed E-state index contributed by atoms with van der Waals surface area (Å²) in [5.41, 5.74) is 2.56. The molecule has 3 aromatic rings. The number of anilines is 1. The highest BCUT2D eigenvalue weighted by Gasteiger charge is 2.27. The predicted molar refractivity (Wildman–Crippen MR) is 119 cm³/mol. The first-order valence-corrected chi connectivity index (χ1v) is 10.7. The van der Waals surface area contributed by atoms with Crippen molar-refractivity contribution < 1.29 is 19.1 Å². The van der Waals surface area contributed by atoms with Crippen molar-refractivity contribution in [2.24, 2.45) is 0 Å². The summed E-state index contributed by atoms with van der Waals surface area (Å²) >= 11 is 0. The summed E-state index contributed by atoms with van der Waals surface area (Å²) in [6.45, 7) is 1.79. The minimum absolute atomic E-state index is 0.0435. The minimum Gasteiger partial charge on any atom is -0.507 e. The largest absolute Gasteiger partial charge is 0.507 e. The van der Waals surface area contributed by atoms with Gasteiger partial charge in [0.05, 0.1) is 11.4 Å². The molecule has 0 saturated heterocycles. The molecule has 0 unspecified atom stereocenters. The maximum absolute atomic E-state index is 13.9. The summed E-state index contributed by atoms with van der Waals surface area (Å²) in [6, 6.07) is 12.4. The number of carbonyl (C=O) groups is 2. The number of phenolic OH excluding ortho intramolecular Hbond substituents is 1. The number of nitrogens with zero attached hydrogens (tertiary/aromatic N) is 2. The quantitative estimate of drug-likeness (QED) is 0.519. The Bertz CT molecular complexity index is 1150. The van der Waals surface area contributed by atoms with E-state index in [-0.39, 0.29) is 29.9 Å². The Morgan fingerprint density at radius 1 is 1.19 bits per heavy atom. The fourth-order valence-corrected chi connectivity index (χ4v) is 3.65. The molecule has 8 heteroatoms. The van der Waals surface area contributed by atoms with E-state index < -0.39 is 6.03 Å². The molecule has 0 bridgehead atoms. The van der Waals surface area contributed by atoms with Crippen molar-refractivity contribution in [3.8, 4) is 17.0 Å². The molecule has 2 aromatic carbocycles. The molecule has 1 fully saturated rings. The third kappa shape index (κ3) is 4.49. The van der Waals surface area contributed by atoms with Gasteiger partial charge >= 0.3 is 6.03 Å². The zero-order chi connectivity index (χ0) is 22.7. The number of aromatic nitrogens is 2. The highest BCUT2D eigenvalue weighted by molar-refractivity contribution is 5.91. The molecule has 0 aliphatic heterocycles. The number of rotatable bonds is 6. The van der Waals surface area contributed by atoms with Crippen LogP contribution in [0.15, 0.2) is 48.5 Å². The number of hydrogen-bond acceptors (Lipinski definition) is 4. The molecule has 1 aliphatic rings. The van der Waals surface area contributed by atoms with Crippen molar-refractivity contribution in [2.75, 3.05) is 5.32 Å². The summed E-state index contributed by atoms with van der Waals surface area (Å²) in [5, 5.41) is 20.4. The van der Waals surface area contributed by atoms with E-state index in [9.17, 15) is 19.1 Å². The standard InChI is InChI=1S/C24H25FN4O3/c1-2-23(31)27-17-10-11-18(22(30)12-17)20-13-21(15-7-5-8-15)29(28-20)24(32)26-14-16-6-3-4-9-19(16)25/h3-4,6,9-13,15,30H,2,5,7-8,14H2,1H3,(H,26,32)(H,27,31). The van der Waals surface area contributed by atoms with Crippen LogP contribution in [-0.2, 0) is 11.3 Å². The smallest absolute Gasteiger partial charge is 0.342 e. The molecule has 0 atom stereocenters. The molecular formula is C24H25FN4O3. The van der Waals surface area contributed by atoms with E-state index in [1.807, 2.05) is 6.07 Å². The highest BCUT2D eigenvalue weighted by atomic mass is 19.1. The van der Waals surface area contributed by atoms with Gasteiger partial charge in [0.1, 0.15) is 11.6 Å². The zero-order valence-corrected chi connectivity index (χ0v) is 17.8. The fraction of sp³-hybridized carbons (Fsp3) is 0.292. The maximum atomic E-state index is 13.9. The lowest BCUT2D eigenvalue weighted by molar-refractivity contribution is -0.115. The van der Waals surface area contributed by atoms with Crippen LogP contribution in [0.25, 0.3) is 11.3 Å². The van der Waals surface area contributed by atoms with Crippen LogP contribution in [0.5, 0.6) is 5.75 Å². The minimum atomic E-state index is -0.451. The van der Waals surface area contributed by atoms with Crippen molar-refractivity contribution in [3.05, 3.63) is 65.6 Å². The van der Waals surface area contributed by atoms with Crippen molar-refractivity contribution in [3.63, 3.8) is 0 Å². The van der Waals surface area contributed by atoms with Crippen LogP contribution in [0, 0.1) is 5.82 Å². The third-order valence-electron chi connectivity index (χ3n) is 5.72. The van der Waals surface area contributed by atoms with Crippen LogP contribution in [0.1, 0.15) is 49.8 Å². The molecule has 1 aliphatic carbocycles. The SMILES string of the molecule is CCC(=O)Nc1ccc(-c2cc(C3CCC3)n(C(=O)NCc3ccccc3F)n2)c(O)c1. The van der Waals surface area contributed by atoms with E-state index in [0.717, 1.165) is 25.0 Å². The van der Waals surface area contributed by atoms with Gasteiger partial charge in [-0.1, -0.05) is 31.5 Å². The first kappa shape index (κ1) is 21.5. The summed E-state index contributed by atoms with van der Waals surface area (Å²) in [4.78, 5) is 24.5. The van der Waals surface area contributed by atoms with Gasteiger partial charge in [0.15, 0.2) is 0 Å². The summed E-state index contributed by atoms with van der Waals surface area (Å²) in [5.74, 6) is -0.371. The van der Waals surface area contributed by atoms with Crippen molar-refractivity contribution in [1.29, 1.82) is 0 Å². The first-order chi connectivity index (χ1) is 15.5. The Morgan fingerprint density at radius 3 is 2.62 bits per heavy atom. The Hall–Kier alpha value is -3.68. The number of amides is 2. The van der Waals surface area contributed by atoms with Crippen LogP contribution in [-0.4, -0.2) is 26.8 Å². The molecule has 7 nitrogen and oxygen atoms in total. The lowest BCUT2D eigenvalue weighted by Gasteiger charge is -2.25. The van der Waals surface area contributed by atoms with Crippen LogP contribution < -0.4 is 10.6 Å². The van der Waals surface area contributed by atoms with E-state index in [4.69, 9.17) is 0 Å². The van der Waals surface area contributed by atoms with Crippen molar-refractivity contribution in [1.82, 2.24) is 15.1 Å². The van der Waals surface area contributed by atoms with Crippen LogP contribution in [0.2, 0.25) is 0 Å². The first-order valence-electron chi connectivity index (χ1n) is 10.7. The van der Waals surface area contributed by atoms with E-state index in [0.29, 0.717) is 28.9 Å². The van der Waals surface area contributed by atoms with Gasteiger partial charge in [0, 0.05) is 41.8 Å². The third-order valence-corrected chi connectivity index (χ3v) is 5.72. The van der Waals surface area contributed by atoms with Crippen molar-refractivity contribution in [2.45, 2.75) is 45.1 Å². The van der Waals surface area contributed by atoms with Gasteiger partial charge in [-0.05, 0) is 37.1 Å². The van der Waals surface area contributed by atoms with E-state index in [2.05, 4.69) is 15.7 Å². The summed E-state index contributed by atoms with van der Waals surface area (Å²) in [7, 11) is 0. The molecular weight excluding hydrogens is 411 g/mol. The highest BCUT2D eigenvalue weighted by Crippen LogP contribution is 2.39. The number of hydrogen-bond donors (Lipinski definition) is 3. The molecule has 0 spiro atoms. The second kappa shape index (κ2) is 9.21. The lowest BCUT2D eigenvalue weighted by Crippen LogP contribution is -2.31. The van der Waals surface area contributed by atoms with Gasteiger partial charge in [-0.25, -0.2) is 9.18 Å². The van der Waals surface area contributed by atoms with Crippen molar-refractivity contribution >= 4 is 17.6 Å².